The summed E-state index contributed by atoms with van der Waals surface area (Å²) in [5.74, 6) is -3.74. The number of carbonyl (C=O) groups is 2. The van der Waals surface area contributed by atoms with Crippen LogP contribution in [0.3, 0.4) is 0 Å². The first-order valence-corrected chi connectivity index (χ1v) is 9.69. The van der Waals surface area contributed by atoms with Crippen LogP contribution in [0.5, 0.6) is 0 Å². The van der Waals surface area contributed by atoms with Crippen LogP contribution in [-0.4, -0.2) is 26.2 Å². The normalized spacial score (nSPS) is 15.5. The average molecular weight is 446 g/mol. The predicted molar refractivity (Wildman–Crippen MR) is 115 cm³/mol. The Labute approximate surface area is 189 Å². The molecule has 0 saturated heterocycles. The second-order valence-electron chi connectivity index (χ2n) is 6.99. The molecule has 0 bridgehead atoms. The number of nitrogens with zero attached hydrogens (tertiary/aromatic N) is 3. The molecule has 0 radical (unpaired) electrons. The van der Waals surface area contributed by atoms with Crippen LogP contribution in [0.1, 0.15) is 17.0 Å². The lowest BCUT2D eigenvalue weighted by atomic mass is 9.81. The first-order valence-electron chi connectivity index (χ1n) is 9.69. The van der Waals surface area contributed by atoms with Crippen LogP contribution < -0.4 is 10.6 Å². The third-order valence-corrected chi connectivity index (χ3v) is 5.09. The van der Waals surface area contributed by atoms with Crippen LogP contribution >= 0.6 is 0 Å². The molecule has 3 rings (SSSR count). The Morgan fingerprint density at radius 1 is 1.09 bits per heavy atom. The van der Waals surface area contributed by atoms with E-state index in [1.54, 1.807) is 30.3 Å². The van der Waals surface area contributed by atoms with Crippen molar-refractivity contribution < 1.29 is 23.5 Å². The molecule has 1 aliphatic rings. The van der Waals surface area contributed by atoms with Gasteiger partial charge in [0.25, 0.3) is 0 Å². The van der Waals surface area contributed by atoms with E-state index >= 15 is 0 Å². The predicted octanol–water partition coefficient (Wildman–Crippen LogP) is 2.79. The zero-order chi connectivity index (χ0) is 24.1. The second kappa shape index (κ2) is 9.67. The molecule has 0 saturated carbocycles. The minimum absolute atomic E-state index is 0.0406. The SMILES string of the molecule is COC(=O)C1=C(C(=O)OC)N(c2cc(F)cc(CC#N)c2)C(N)=C(C#N)C1c1ccccc1. The molecule has 0 fully saturated rings. The molecule has 0 spiro atoms. The smallest absolute Gasteiger partial charge is 0.355 e. The molecular formula is C24H19FN4O4. The molecule has 2 aromatic rings. The fraction of sp³-hybridized carbons (Fsp3) is 0.167. The van der Waals surface area contributed by atoms with Crippen molar-refractivity contribution in [2.24, 2.45) is 5.73 Å². The molecule has 9 heteroatoms. The van der Waals surface area contributed by atoms with Crippen molar-refractivity contribution in [2.75, 3.05) is 19.1 Å². The molecule has 0 aromatic heterocycles. The first kappa shape index (κ1) is 23.0. The Balaban J connectivity index is 2.42. The van der Waals surface area contributed by atoms with E-state index in [9.17, 15) is 19.2 Å². The van der Waals surface area contributed by atoms with E-state index in [1.165, 1.54) is 6.07 Å². The van der Waals surface area contributed by atoms with Crippen molar-refractivity contribution in [2.45, 2.75) is 12.3 Å². The van der Waals surface area contributed by atoms with Gasteiger partial charge in [0.05, 0.1) is 55.5 Å². The van der Waals surface area contributed by atoms with Crippen molar-refractivity contribution in [1.29, 1.82) is 10.5 Å². The highest BCUT2D eigenvalue weighted by molar-refractivity contribution is 6.06. The molecule has 1 atom stereocenters. The summed E-state index contributed by atoms with van der Waals surface area (Å²) >= 11 is 0. The third kappa shape index (κ3) is 4.25. The highest BCUT2D eigenvalue weighted by Gasteiger charge is 2.43. The fourth-order valence-corrected chi connectivity index (χ4v) is 3.74. The molecule has 1 unspecified atom stereocenters. The molecular weight excluding hydrogens is 427 g/mol. The number of ether oxygens (including phenoxy) is 2. The number of nitrogens with two attached hydrogens (primary N) is 1. The number of rotatable bonds is 5. The summed E-state index contributed by atoms with van der Waals surface area (Å²) in [6.07, 6.45) is -0.110. The zero-order valence-electron chi connectivity index (χ0n) is 17.8. The number of allylic oxidation sites excluding steroid dienone is 1. The number of nitriles is 2. The van der Waals surface area contributed by atoms with Crippen LogP contribution in [0.4, 0.5) is 10.1 Å². The van der Waals surface area contributed by atoms with Gasteiger partial charge < -0.3 is 15.2 Å². The molecule has 1 aliphatic heterocycles. The lowest BCUT2D eigenvalue weighted by molar-refractivity contribution is -0.139. The fourth-order valence-electron chi connectivity index (χ4n) is 3.74. The summed E-state index contributed by atoms with van der Waals surface area (Å²) in [7, 11) is 2.25. The van der Waals surface area contributed by atoms with E-state index in [0.29, 0.717) is 11.1 Å². The van der Waals surface area contributed by atoms with Gasteiger partial charge in [0.15, 0.2) is 0 Å². The molecule has 2 N–H and O–H groups in total. The summed E-state index contributed by atoms with van der Waals surface area (Å²) < 4.78 is 24.3. The summed E-state index contributed by atoms with van der Waals surface area (Å²) in [5, 5.41) is 19.0. The molecule has 0 aliphatic carbocycles. The van der Waals surface area contributed by atoms with Gasteiger partial charge >= 0.3 is 11.9 Å². The van der Waals surface area contributed by atoms with Crippen molar-refractivity contribution in [3.63, 3.8) is 0 Å². The van der Waals surface area contributed by atoms with Gasteiger partial charge in [0, 0.05) is 0 Å². The third-order valence-electron chi connectivity index (χ3n) is 5.09. The molecule has 8 nitrogen and oxygen atoms in total. The van der Waals surface area contributed by atoms with E-state index in [-0.39, 0.29) is 34.8 Å². The van der Waals surface area contributed by atoms with Gasteiger partial charge in [0.2, 0.25) is 0 Å². The van der Waals surface area contributed by atoms with Crippen LogP contribution in [0.15, 0.2) is 71.2 Å². The van der Waals surface area contributed by atoms with Gasteiger partial charge in [-0.3, -0.25) is 4.90 Å². The van der Waals surface area contributed by atoms with Crippen LogP contribution in [-0.2, 0) is 25.5 Å². The van der Waals surface area contributed by atoms with Gasteiger partial charge in [-0.1, -0.05) is 30.3 Å². The van der Waals surface area contributed by atoms with Gasteiger partial charge in [-0.15, -0.1) is 0 Å². The topological polar surface area (TPSA) is 129 Å². The standard InChI is InChI=1S/C24H19FN4O4/c1-32-23(30)20-19(15-6-4-3-5-7-15)18(13-27)22(28)29(21(20)24(31)33-2)17-11-14(8-9-26)10-16(25)12-17/h3-7,10-12,19H,8,28H2,1-2H3. The number of hydrogen-bond donors (Lipinski definition) is 1. The number of anilines is 1. The van der Waals surface area contributed by atoms with Crippen LogP contribution in [0, 0.1) is 28.5 Å². The average Bonchev–Trinajstić information content (AvgIpc) is 2.82. The van der Waals surface area contributed by atoms with Crippen molar-refractivity contribution >= 4 is 17.6 Å². The Morgan fingerprint density at radius 3 is 2.33 bits per heavy atom. The van der Waals surface area contributed by atoms with Crippen molar-refractivity contribution in [1.82, 2.24) is 0 Å². The highest BCUT2D eigenvalue weighted by Crippen LogP contribution is 2.43. The second-order valence-corrected chi connectivity index (χ2v) is 6.99. The maximum Gasteiger partial charge on any atom is 0.355 e. The number of esters is 2. The van der Waals surface area contributed by atoms with Crippen molar-refractivity contribution in [3.05, 3.63) is 88.1 Å². The Bertz CT molecular complexity index is 1260. The number of methoxy groups -OCH3 is 2. The molecule has 1 heterocycles. The van der Waals surface area contributed by atoms with E-state index in [0.717, 1.165) is 31.3 Å². The number of carbonyl (C=O) groups excluding carboxylic acids is 2. The van der Waals surface area contributed by atoms with Gasteiger partial charge in [-0.25, -0.2) is 14.0 Å². The van der Waals surface area contributed by atoms with E-state index in [4.69, 9.17) is 20.5 Å². The van der Waals surface area contributed by atoms with Gasteiger partial charge in [0.1, 0.15) is 17.3 Å². The highest BCUT2D eigenvalue weighted by atomic mass is 19.1. The molecule has 2 aromatic carbocycles. The van der Waals surface area contributed by atoms with Gasteiger partial charge in [-0.2, -0.15) is 10.5 Å². The minimum Gasteiger partial charge on any atom is -0.466 e. The summed E-state index contributed by atoms with van der Waals surface area (Å²) in [4.78, 5) is 27.0. The van der Waals surface area contributed by atoms with Gasteiger partial charge in [-0.05, 0) is 29.3 Å². The Kier molecular flexibility index (Phi) is 6.75. The lowest BCUT2D eigenvalue weighted by Gasteiger charge is -2.36. The lowest BCUT2D eigenvalue weighted by Crippen LogP contribution is -2.40. The minimum atomic E-state index is -1.03. The van der Waals surface area contributed by atoms with E-state index < -0.39 is 23.7 Å². The first-order chi connectivity index (χ1) is 15.9. The van der Waals surface area contributed by atoms with Crippen molar-refractivity contribution in [3.8, 4) is 12.1 Å². The maximum atomic E-state index is 14.4. The number of halogens is 1. The monoisotopic (exact) mass is 446 g/mol. The zero-order valence-corrected chi connectivity index (χ0v) is 17.8. The summed E-state index contributed by atoms with van der Waals surface area (Å²) in [6, 6.07) is 16.1. The van der Waals surface area contributed by atoms with E-state index in [1.807, 2.05) is 12.1 Å². The van der Waals surface area contributed by atoms with Crippen LogP contribution in [0.2, 0.25) is 0 Å². The Morgan fingerprint density at radius 2 is 1.76 bits per heavy atom. The maximum absolute atomic E-state index is 14.4. The van der Waals surface area contributed by atoms with E-state index in [2.05, 4.69) is 0 Å². The summed E-state index contributed by atoms with van der Waals surface area (Å²) in [6.45, 7) is 0. The molecule has 166 valence electrons. The molecule has 0 amide bonds. The Hall–Kier alpha value is -4.63. The molecule has 33 heavy (non-hydrogen) atoms. The largest absolute Gasteiger partial charge is 0.466 e. The summed E-state index contributed by atoms with van der Waals surface area (Å²) in [5.41, 5.74) is 6.68. The number of hydrogen-bond acceptors (Lipinski definition) is 8. The quantitative estimate of drug-likeness (QED) is 0.694. The van der Waals surface area contributed by atoms with Crippen LogP contribution in [0.25, 0.3) is 0 Å². The number of benzene rings is 2.